The van der Waals surface area contributed by atoms with Crippen LogP contribution in [-0.4, -0.2) is 25.9 Å². The second-order valence-electron chi connectivity index (χ2n) is 7.71. The number of benzene rings is 2. The number of aryl methyl sites for hydroxylation is 1. The topological polar surface area (TPSA) is 59.8 Å². The molecule has 2 aromatic carbocycles. The van der Waals surface area contributed by atoms with Crippen molar-refractivity contribution in [2.24, 2.45) is 0 Å². The molecule has 1 fully saturated rings. The Labute approximate surface area is 186 Å². The SMILES string of the molecule is Cc1ccc(NC(=O)C(C)Sc2nnc(-c3ccccc3Cl)n2C2CCCC2)cc1. The molecule has 3 aromatic rings. The molecule has 1 heterocycles. The summed E-state index contributed by atoms with van der Waals surface area (Å²) < 4.78 is 2.19. The second-order valence-corrected chi connectivity index (χ2v) is 9.42. The van der Waals surface area contributed by atoms with Gasteiger partial charge < -0.3 is 5.32 Å². The van der Waals surface area contributed by atoms with Crippen LogP contribution in [0.4, 0.5) is 5.69 Å². The average molecular weight is 441 g/mol. The van der Waals surface area contributed by atoms with Gasteiger partial charge in [-0.05, 0) is 51.0 Å². The largest absolute Gasteiger partial charge is 0.325 e. The van der Waals surface area contributed by atoms with Gasteiger partial charge in [-0.15, -0.1) is 10.2 Å². The number of nitrogens with zero attached hydrogens (tertiary/aromatic N) is 3. The van der Waals surface area contributed by atoms with E-state index in [1.165, 1.54) is 24.6 Å². The van der Waals surface area contributed by atoms with Crippen molar-refractivity contribution in [1.29, 1.82) is 0 Å². The van der Waals surface area contributed by atoms with Gasteiger partial charge in [0.15, 0.2) is 11.0 Å². The molecule has 1 atom stereocenters. The summed E-state index contributed by atoms with van der Waals surface area (Å²) in [5, 5.41) is 13.0. The maximum Gasteiger partial charge on any atom is 0.237 e. The van der Waals surface area contributed by atoms with Gasteiger partial charge in [0.2, 0.25) is 5.91 Å². The molecule has 7 heteroatoms. The Morgan fingerprint density at radius 1 is 1.13 bits per heavy atom. The van der Waals surface area contributed by atoms with Crippen LogP contribution in [0, 0.1) is 6.92 Å². The van der Waals surface area contributed by atoms with Gasteiger partial charge in [0.05, 0.1) is 10.3 Å². The molecule has 30 heavy (non-hydrogen) atoms. The number of hydrogen-bond acceptors (Lipinski definition) is 4. The number of aromatic nitrogens is 3. The van der Waals surface area contributed by atoms with Crippen molar-refractivity contribution >= 4 is 35.0 Å². The number of hydrogen-bond donors (Lipinski definition) is 1. The summed E-state index contributed by atoms with van der Waals surface area (Å²) in [4.78, 5) is 12.8. The van der Waals surface area contributed by atoms with Gasteiger partial charge >= 0.3 is 0 Å². The Balaban J connectivity index is 1.58. The van der Waals surface area contributed by atoms with E-state index in [0.29, 0.717) is 11.1 Å². The number of thioether (sulfide) groups is 1. The van der Waals surface area contributed by atoms with Crippen molar-refractivity contribution in [2.75, 3.05) is 5.32 Å². The summed E-state index contributed by atoms with van der Waals surface area (Å²) in [5.41, 5.74) is 2.83. The molecule has 1 unspecified atom stereocenters. The van der Waals surface area contributed by atoms with Crippen molar-refractivity contribution < 1.29 is 4.79 Å². The average Bonchev–Trinajstić information content (AvgIpc) is 3.40. The Hall–Kier alpha value is -2.31. The Morgan fingerprint density at radius 2 is 1.83 bits per heavy atom. The van der Waals surface area contributed by atoms with Crippen molar-refractivity contribution in [3.8, 4) is 11.4 Å². The molecular weight excluding hydrogens is 416 g/mol. The van der Waals surface area contributed by atoms with Gasteiger partial charge in [-0.25, -0.2) is 0 Å². The zero-order valence-corrected chi connectivity index (χ0v) is 18.7. The van der Waals surface area contributed by atoms with E-state index in [9.17, 15) is 4.79 Å². The first-order valence-corrected chi connectivity index (χ1v) is 11.5. The van der Waals surface area contributed by atoms with Gasteiger partial charge in [0, 0.05) is 17.3 Å². The van der Waals surface area contributed by atoms with E-state index in [4.69, 9.17) is 11.6 Å². The lowest BCUT2D eigenvalue weighted by Gasteiger charge is -2.19. The van der Waals surface area contributed by atoms with Crippen molar-refractivity contribution in [2.45, 2.75) is 56.0 Å². The lowest BCUT2D eigenvalue weighted by Crippen LogP contribution is -2.23. The normalized spacial score (nSPS) is 15.3. The number of carbonyl (C=O) groups is 1. The van der Waals surface area contributed by atoms with Gasteiger partial charge in [-0.2, -0.15) is 0 Å². The number of amides is 1. The molecule has 1 amide bonds. The van der Waals surface area contributed by atoms with Crippen LogP contribution in [0.5, 0.6) is 0 Å². The molecule has 1 aliphatic rings. The number of halogens is 1. The molecule has 0 bridgehead atoms. The highest BCUT2D eigenvalue weighted by atomic mass is 35.5. The lowest BCUT2D eigenvalue weighted by atomic mass is 10.2. The molecule has 1 saturated carbocycles. The molecule has 1 aliphatic carbocycles. The van der Waals surface area contributed by atoms with Gasteiger partial charge in [0.1, 0.15) is 0 Å². The lowest BCUT2D eigenvalue weighted by molar-refractivity contribution is -0.115. The van der Waals surface area contributed by atoms with Crippen LogP contribution < -0.4 is 5.32 Å². The standard InChI is InChI=1S/C23H25ClN4OS/c1-15-11-13-17(14-12-15)25-22(29)16(2)30-23-27-26-21(19-9-5-6-10-20(19)24)28(23)18-7-3-4-8-18/h5-6,9-14,16,18H,3-4,7-8H2,1-2H3,(H,25,29). The smallest absolute Gasteiger partial charge is 0.237 e. The van der Waals surface area contributed by atoms with E-state index >= 15 is 0 Å². The van der Waals surface area contributed by atoms with Crippen LogP contribution >= 0.6 is 23.4 Å². The Bertz CT molecular complexity index is 1030. The van der Waals surface area contributed by atoms with Gasteiger partial charge in [0.25, 0.3) is 0 Å². The zero-order chi connectivity index (χ0) is 21.1. The number of anilines is 1. The first-order chi connectivity index (χ1) is 14.5. The minimum Gasteiger partial charge on any atom is -0.325 e. The summed E-state index contributed by atoms with van der Waals surface area (Å²) in [5.74, 6) is 0.727. The molecule has 4 rings (SSSR count). The van der Waals surface area contributed by atoms with Crippen LogP contribution in [0.15, 0.2) is 53.7 Å². The van der Waals surface area contributed by atoms with E-state index in [0.717, 1.165) is 40.6 Å². The van der Waals surface area contributed by atoms with E-state index in [-0.39, 0.29) is 11.2 Å². The molecule has 0 saturated heterocycles. The molecule has 0 aliphatic heterocycles. The third-order valence-electron chi connectivity index (χ3n) is 5.44. The first kappa shape index (κ1) is 20.9. The van der Waals surface area contributed by atoms with E-state index < -0.39 is 0 Å². The predicted octanol–water partition coefficient (Wildman–Crippen LogP) is 6.14. The molecular formula is C23H25ClN4OS. The van der Waals surface area contributed by atoms with Gasteiger partial charge in [-0.1, -0.05) is 66.0 Å². The van der Waals surface area contributed by atoms with Crippen molar-refractivity contribution in [1.82, 2.24) is 14.8 Å². The fraction of sp³-hybridized carbons (Fsp3) is 0.348. The van der Waals surface area contributed by atoms with Crippen molar-refractivity contribution in [3.05, 3.63) is 59.1 Å². The minimum absolute atomic E-state index is 0.0517. The zero-order valence-electron chi connectivity index (χ0n) is 17.1. The van der Waals surface area contributed by atoms with Crippen LogP contribution in [-0.2, 0) is 4.79 Å². The molecule has 0 radical (unpaired) electrons. The number of rotatable bonds is 6. The molecule has 5 nitrogen and oxygen atoms in total. The van der Waals surface area contributed by atoms with Crippen molar-refractivity contribution in [3.63, 3.8) is 0 Å². The molecule has 1 aromatic heterocycles. The third-order valence-corrected chi connectivity index (χ3v) is 6.83. The monoisotopic (exact) mass is 440 g/mol. The molecule has 1 N–H and O–H groups in total. The fourth-order valence-electron chi connectivity index (χ4n) is 3.77. The fourth-order valence-corrected chi connectivity index (χ4v) is 4.91. The Morgan fingerprint density at radius 3 is 2.53 bits per heavy atom. The second kappa shape index (κ2) is 9.23. The van der Waals surface area contributed by atoms with Crippen LogP contribution in [0.3, 0.4) is 0 Å². The summed E-state index contributed by atoms with van der Waals surface area (Å²) in [7, 11) is 0. The minimum atomic E-state index is -0.310. The summed E-state index contributed by atoms with van der Waals surface area (Å²) in [6.07, 6.45) is 4.57. The summed E-state index contributed by atoms with van der Waals surface area (Å²) in [6, 6.07) is 15.9. The van der Waals surface area contributed by atoms with Crippen LogP contribution in [0.2, 0.25) is 5.02 Å². The third kappa shape index (κ3) is 4.55. The van der Waals surface area contributed by atoms with Gasteiger partial charge in [-0.3, -0.25) is 9.36 Å². The number of carbonyl (C=O) groups excluding carboxylic acids is 1. The summed E-state index contributed by atoms with van der Waals surface area (Å²) in [6.45, 7) is 3.92. The van der Waals surface area contributed by atoms with Crippen LogP contribution in [0.25, 0.3) is 11.4 Å². The highest BCUT2D eigenvalue weighted by molar-refractivity contribution is 8.00. The summed E-state index contributed by atoms with van der Waals surface area (Å²) >= 11 is 7.90. The highest BCUT2D eigenvalue weighted by Gasteiger charge is 2.28. The maximum atomic E-state index is 12.8. The molecule has 156 valence electrons. The predicted molar refractivity (Wildman–Crippen MR) is 123 cm³/mol. The Kier molecular flexibility index (Phi) is 6.44. The van der Waals surface area contributed by atoms with E-state index in [2.05, 4.69) is 20.1 Å². The highest BCUT2D eigenvalue weighted by Crippen LogP contribution is 2.39. The quantitative estimate of drug-likeness (QED) is 0.467. The first-order valence-electron chi connectivity index (χ1n) is 10.3. The number of nitrogens with one attached hydrogen (secondary N) is 1. The molecule has 0 spiro atoms. The van der Waals surface area contributed by atoms with Crippen LogP contribution in [0.1, 0.15) is 44.2 Å². The van der Waals surface area contributed by atoms with E-state index in [1.807, 2.05) is 62.4 Å². The van der Waals surface area contributed by atoms with E-state index in [1.54, 1.807) is 0 Å². The maximum absolute atomic E-state index is 12.8.